The second kappa shape index (κ2) is 11.0. The number of phenolic OH excluding ortho intramolecular Hbond substituents is 8. The zero-order chi connectivity index (χ0) is 30.3. The first-order chi connectivity index (χ1) is 19.9. The largest absolute Gasteiger partial charge is 0.508 e. The minimum Gasteiger partial charge on any atom is -0.508 e. The molecule has 220 valence electrons. The number of phenols is 8. The number of hydrogen-bond acceptors (Lipinski definition) is 11. The quantitative estimate of drug-likeness (QED) is 0.154. The molecule has 6 rings (SSSR count). The van der Waals surface area contributed by atoms with Crippen molar-refractivity contribution in [3.05, 3.63) is 82.9 Å². The topological polar surface area (TPSA) is 201 Å². The number of hydrogen-bond donors (Lipinski definition) is 9. The number of aromatic hydroxyl groups is 8. The maximum absolute atomic E-state index is 14.3. The van der Waals surface area contributed by atoms with Gasteiger partial charge in [-0.3, -0.25) is 0 Å². The highest BCUT2D eigenvalue weighted by molar-refractivity contribution is 5.53. The minimum atomic E-state index is -1.43. The Morgan fingerprint density at radius 1 is 0.524 bits per heavy atom. The summed E-state index contributed by atoms with van der Waals surface area (Å²) in [7, 11) is 0. The standard InChI is InChI=1S/C15H13FO5.C15H14O6/c16-10-6-9-12(19)4-8(17)5-14(9)21-15(10)7-1-2-11(18)13(20)3-7;16-8-4-11(18)9-6-13(20)15(21-14(9)5-8)7-1-2-10(17)12(19)3-7/h1-5,10,15,17-20H,6H2;1-5,13,15-20H,6H2/t10-,15?;13-,15?/m10/s1. The van der Waals surface area contributed by atoms with E-state index in [4.69, 9.17) is 9.47 Å². The fraction of sp³-hybridized carbons (Fsp3) is 0.200. The van der Waals surface area contributed by atoms with E-state index >= 15 is 0 Å². The molecule has 9 N–H and O–H groups in total. The van der Waals surface area contributed by atoms with Crippen LogP contribution < -0.4 is 9.47 Å². The van der Waals surface area contributed by atoms with Gasteiger partial charge in [0.2, 0.25) is 0 Å². The molecule has 11 nitrogen and oxygen atoms in total. The lowest BCUT2D eigenvalue weighted by Crippen LogP contribution is -2.30. The van der Waals surface area contributed by atoms with Crippen LogP contribution in [-0.4, -0.2) is 58.2 Å². The molecule has 0 spiro atoms. The number of halogens is 1. The number of alkyl halides is 1. The highest BCUT2D eigenvalue weighted by atomic mass is 19.1. The Bertz CT molecular complexity index is 1520. The van der Waals surface area contributed by atoms with E-state index in [1.807, 2.05) is 0 Å². The van der Waals surface area contributed by atoms with Crippen LogP contribution in [0.15, 0.2) is 60.7 Å². The van der Waals surface area contributed by atoms with E-state index in [9.17, 15) is 50.3 Å². The van der Waals surface area contributed by atoms with Crippen molar-refractivity contribution in [2.75, 3.05) is 0 Å². The lowest BCUT2D eigenvalue weighted by atomic mass is 9.94. The first-order valence-electron chi connectivity index (χ1n) is 12.7. The molecule has 0 bridgehead atoms. The maximum Gasteiger partial charge on any atom is 0.157 e. The van der Waals surface area contributed by atoms with Gasteiger partial charge in [-0.05, 0) is 35.4 Å². The van der Waals surface area contributed by atoms with Crippen molar-refractivity contribution in [3.63, 3.8) is 0 Å². The van der Waals surface area contributed by atoms with Crippen LogP contribution in [0, 0.1) is 0 Å². The number of ether oxygens (including phenoxy) is 2. The van der Waals surface area contributed by atoms with Crippen molar-refractivity contribution >= 4 is 0 Å². The number of aliphatic hydroxyl groups is 1. The molecule has 0 aliphatic carbocycles. The van der Waals surface area contributed by atoms with Gasteiger partial charge in [-0.1, -0.05) is 12.1 Å². The first kappa shape index (κ1) is 28.3. The van der Waals surface area contributed by atoms with Crippen LogP contribution in [0.1, 0.15) is 34.5 Å². The average molecular weight is 583 g/mol. The lowest BCUT2D eigenvalue weighted by Gasteiger charge is -2.31. The van der Waals surface area contributed by atoms with E-state index in [-0.39, 0.29) is 70.3 Å². The fourth-order valence-corrected chi connectivity index (χ4v) is 4.90. The van der Waals surface area contributed by atoms with E-state index in [0.717, 1.165) is 6.07 Å². The van der Waals surface area contributed by atoms with Gasteiger partial charge >= 0.3 is 0 Å². The van der Waals surface area contributed by atoms with Gasteiger partial charge in [-0.25, -0.2) is 4.39 Å². The molecule has 4 aromatic carbocycles. The number of aliphatic hydroxyl groups excluding tert-OH is 1. The third-order valence-corrected chi connectivity index (χ3v) is 6.99. The van der Waals surface area contributed by atoms with Gasteiger partial charge < -0.3 is 55.4 Å². The Hall–Kier alpha value is -5.23. The summed E-state index contributed by atoms with van der Waals surface area (Å²) in [5.74, 6) is -1.48. The Balaban J connectivity index is 0.000000168. The van der Waals surface area contributed by atoms with Gasteiger partial charge in [0.25, 0.3) is 0 Å². The molecule has 0 amide bonds. The van der Waals surface area contributed by atoms with Gasteiger partial charge in [0.15, 0.2) is 29.1 Å². The molecule has 12 heteroatoms. The molecule has 0 saturated carbocycles. The number of fused-ring (bicyclic) bond motifs is 2. The Kier molecular flexibility index (Phi) is 7.40. The molecule has 4 atom stereocenters. The Morgan fingerprint density at radius 2 is 0.976 bits per heavy atom. The second-order valence-corrected chi connectivity index (χ2v) is 9.95. The normalized spacial score (nSPS) is 20.6. The monoisotopic (exact) mass is 582 g/mol. The van der Waals surface area contributed by atoms with Crippen molar-refractivity contribution in [2.45, 2.75) is 37.3 Å². The Labute approximate surface area is 237 Å². The molecule has 0 radical (unpaired) electrons. The highest BCUT2D eigenvalue weighted by Gasteiger charge is 2.34. The summed E-state index contributed by atoms with van der Waals surface area (Å²) in [6.45, 7) is 0. The van der Waals surface area contributed by atoms with Crippen LogP contribution in [0.2, 0.25) is 0 Å². The van der Waals surface area contributed by atoms with Gasteiger partial charge in [-0.15, -0.1) is 0 Å². The summed E-state index contributed by atoms with van der Waals surface area (Å²) >= 11 is 0. The highest BCUT2D eigenvalue weighted by Crippen LogP contribution is 2.44. The van der Waals surface area contributed by atoms with Crippen LogP contribution in [0.5, 0.6) is 57.5 Å². The van der Waals surface area contributed by atoms with Crippen molar-refractivity contribution in [2.24, 2.45) is 0 Å². The van der Waals surface area contributed by atoms with E-state index < -0.39 is 24.5 Å². The molecule has 0 aromatic heterocycles. The van der Waals surface area contributed by atoms with E-state index in [0.29, 0.717) is 22.3 Å². The van der Waals surface area contributed by atoms with Gasteiger partial charge in [0, 0.05) is 48.2 Å². The average Bonchev–Trinajstić information content (AvgIpc) is 2.92. The zero-order valence-electron chi connectivity index (χ0n) is 21.7. The summed E-state index contributed by atoms with van der Waals surface area (Å²) in [5.41, 5.74) is 1.54. The number of benzene rings is 4. The molecule has 2 unspecified atom stereocenters. The summed E-state index contributed by atoms with van der Waals surface area (Å²) in [6.07, 6.45) is -4.06. The minimum absolute atomic E-state index is 0.0756. The van der Waals surface area contributed by atoms with Crippen LogP contribution in [-0.2, 0) is 12.8 Å². The maximum atomic E-state index is 14.3. The molecule has 2 heterocycles. The second-order valence-electron chi connectivity index (χ2n) is 9.95. The zero-order valence-corrected chi connectivity index (χ0v) is 21.7. The van der Waals surface area contributed by atoms with Crippen LogP contribution >= 0.6 is 0 Å². The van der Waals surface area contributed by atoms with Crippen molar-refractivity contribution in [1.29, 1.82) is 0 Å². The summed E-state index contributed by atoms with van der Waals surface area (Å²) in [5, 5.41) is 86.3. The fourth-order valence-electron chi connectivity index (χ4n) is 4.90. The van der Waals surface area contributed by atoms with Crippen LogP contribution in [0.25, 0.3) is 0 Å². The molecule has 4 aromatic rings. The molecule has 2 aliphatic rings. The van der Waals surface area contributed by atoms with Crippen LogP contribution in [0.4, 0.5) is 4.39 Å². The van der Waals surface area contributed by atoms with Crippen molar-refractivity contribution in [1.82, 2.24) is 0 Å². The number of rotatable bonds is 2. The van der Waals surface area contributed by atoms with Crippen molar-refractivity contribution < 1.29 is 59.8 Å². The van der Waals surface area contributed by atoms with E-state index in [1.165, 1.54) is 54.6 Å². The molecule has 42 heavy (non-hydrogen) atoms. The van der Waals surface area contributed by atoms with E-state index in [1.54, 1.807) is 0 Å². The lowest BCUT2D eigenvalue weighted by molar-refractivity contribution is 0.0197. The third-order valence-electron chi connectivity index (χ3n) is 6.99. The molecule has 0 fully saturated rings. The van der Waals surface area contributed by atoms with Gasteiger partial charge in [0.05, 0.1) is 6.10 Å². The predicted molar refractivity (Wildman–Crippen MR) is 144 cm³/mol. The SMILES string of the molecule is Oc1cc(O)c2c(c1)OC(c1ccc(O)c(O)c1)[C@@H](O)C2.Oc1cc(O)c2c(c1)OC(c1ccc(O)c(O)c1)[C@H](F)C2. The Morgan fingerprint density at radius 3 is 1.48 bits per heavy atom. The predicted octanol–water partition coefficient (Wildman–Crippen LogP) is 4.07. The summed E-state index contributed by atoms with van der Waals surface area (Å²) < 4.78 is 25.4. The smallest absolute Gasteiger partial charge is 0.157 e. The van der Waals surface area contributed by atoms with Crippen LogP contribution in [0.3, 0.4) is 0 Å². The molecular weight excluding hydrogens is 555 g/mol. The van der Waals surface area contributed by atoms with Gasteiger partial charge in [-0.2, -0.15) is 0 Å². The summed E-state index contributed by atoms with van der Waals surface area (Å²) in [6, 6.07) is 13.0. The molecule has 0 saturated heterocycles. The third kappa shape index (κ3) is 5.52. The first-order valence-corrected chi connectivity index (χ1v) is 12.7. The van der Waals surface area contributed by atoms with Gasteiger partial charge in [0.1, 0.15) is 46.8 Å². The molecular formula is C30H27FO11. The van der Waals surface area contributed by atoms with Crippen molar-refractivity contribution in [3.8, 4) is 57.5 Å². The van der Waals surface area contributed by atoms with E-state index in [2.05, 4.69) is 0 Å². The summed E-state index contributed by atoms with van der Waals surface area (Å²) in [4.78, 5) is 0. The molecule has 2 aliphatic heterocycles.